The smallest absolute Gasteiger partial charge is 0.213 e. The number of nitrogens with zero attached hydrogens (tertiary/aromatic N) is 5. The SMILES string of the molecule is CC1=CCN=C1.Cc1cc(F)ccn1.Cc1ccc(F)c(C)c1.Cc1cccc(C)c1F.Cc1ccnc(F)c1.Cc1cnn(C)c1. The Bertz CT molecular complexity index is 1590. The maximum Gasteiger partial charge on any atom is 0.213 e. The van der Waals surface area contributed by atoms with Gasteiger partial charge in [0.15, 0.2) is 0 Å². The first-order valence-corrected chi connectivity index (χ1v) is 14.9. The normalized spacial score (nSPS) is 10.6. The molecule has 0 unspecified atom stereocenters. The van der Waals surface area contributed by atoms with Crippen LogP contribution in [0.3, 0.4) is 0 Å². The molecule has 5 nitrogen and oxygen atoms in total. The van der Waals surface area contributed by atoms with Crippen LogP contribution in [0.4, 0.5) is 17.6 Å². The van der Waals surface area contributed by atoms with E-state index in [2.05, 4.69) is 33.1 Å². The predicted molar refractivity (Wildman–Crippen MR) is 185 cm³/mol. The maximum absolute atomic E-state index is 12.7. The van der Waals surface area contributed by atoms with Crippen LogP contribution >= 0.6 is 0 Å². The Balaban J connectivity index is 0.000000283. The lowest BCUT2D eigenvalue weighted by Gasteiger charge is -1.96. The van der Waals surface area contributed by atoms with Gasteiger partial charge in [-0.3, -0.25) is 14.7 Å². The number of benzene rings is 2. The van der Waals surface area contributed by atoms with Gasteiger partial charge in [-0.2, -0.15) is 9.49 Å². The van der Waals surface area contributed by atoms with E-state index in [1.165, 1.54) is 47.8 Å². The minimum Gasteiger partial charge on any atom is -0.289 e. The molecule has 9 heteroatoms. The van der Waals surface area contributed by atoms with Crippen LogP contribution in [0.5, 0.6) is 0 Å². The molecule has 0 spiro atoms. The first kappa shape index (κ1) is 40.1. The number of aliphatic imine (C=N–C) groups is 1. The highest BCUT2D eigenvalue weighted by atomic mass is 19.1. The third-order valence-electron chi connectivity index (χ3n) is 6.09. The first-order chi connectivity index (χ1) is 22.2. The topological polar surface area (TPSA) is 56.0 Å². The summed E-state index contributed by atoms with van der Waals surface area (Å²) in [6.45, 7) is 15.8. The number of aryl methyl sites for hydroxylation is 8. The Morgan fingerprint density at radius 1 is 0.660 bits per heavy atom. The van der Waals surface area contributed by atoms with Crippen molar-refractivity contribution in [2.24, 2.45) is 12.0 Å². The number of hydrogen-bond donors (Lipinski definition) is 0. The molecule has 0 bridgehead atoms. The number of hydrogen-bond acceptors (Lipinski definition) is 4. The van der Waals surface area contributed by atoms with Gasteiger partial charge in [0.25, 0.3) is 0 Å². The van der Waals surface area contributed by atoms with Crippen LogP contribution < -0.4 is 0 Å². The van der Waals surface area contributed by atoms with Crippen molar-refractivity contribution in [1.29, 1.82) is 0 Å². The van der Waals surface area contributed by atoms with Gasteiger partial charge in [0.1, 0.15) is 17.5 Å². The zero-order valence-corrected chi connectivity index (χ0v) is 28.7. The van der Waals surface area contributed by atoms with E-state index in [1.807, 2.05) is 58.6 Å². The van der Waals surface area contributed by atoms with Crippen LogP contribution in [-0.2, 0) is 7.05 Å². The fourth-order valence-corrected chi connectivity index (χ4v) is 3.59. The quantitative estimate of drug-likeness (QED) is 0.124. The first-order valence-electron chi connectivity index (χ1n) is 14.9. The molecule has 0 fully saturated rings. The number of pyridine rings is 2. The Labute approximate surface area is 276 Å². The lowest BCUT2D eigenvalue weighted by atomic mass is 10.1. The Kier molecular flexibility index (Phi) is 18.6. The van der Waals surface area contributed by atoms with Gasteiger partial charge in [0.2, 0.25) is 5.95 Å². The van der Waals surface area contributed by atoms with Crippen molar-refractivity contribution in [3.8, 4) is 0 Å². The summed E-state index contributed by atoms with van der Waals surface area (Å²) in [6, 6.07) is 16.3. The molecule has 0 N–H and O–H groups in total. The fourth-order valence-electron chi connectivity index (χ4n) is 3.59. The summed E-state index contributed by atoms with van der Waals surface area (Å²) in [4.78, 5) is 11.1. The number of rotatable bonds is 0. The van der Waals surface area contributed by atoms with Gasteiger partial charge in [-0.05, 0) is 119 Å². The van der Waals surface area contributed by atoms with Crippen LogP contribution in [0, 0.1) is 71.9 Å². The van der Waals surface area contributed by atoms with E-state index in [0.717, 1.165) is 34.4 Å². The van der Waals surface area contributed by atoms with Crippen LogP contribution in [0.15, 0.2) is 102 Å². The van der Waals surface area contributed by atoms with Gasteiger partial charge < -0.3 is 0 Å². The van der Waals surface area contributed by atoms with Crippen molar-refractivity contribution >= 4 is 6.21 Å². The number of aromatic nitrogens is 4. The minimum atomic E-state index is -0.412. The largest absolute Gasteiger partial charge is 0.289 e. The molecule has 0 aliphatic carbocycles. The van der Waals surface area contributed by atoms with Gasteiger partial charge in [0, 0.05) is 37.5 Å². The summed E-state index contributed by atoms with van der Waals surface area (Å²) in [5.41, 5.74) is 7.37. The summed E-state index contributed by atoms with van der Waals surface area (Å²) >= 11 is 0. The molecular weight excluding hydrogens is 602 g/mol. The summed E-state index contributed by atoms with van der Waals surface area (Å²) in [5.74, 6) is -0.847. The monoisotopic (exact) mass is 647 g/mol. The van der Waals surface area contributed by atoms with E-state index in [-0.39, 0.29) is 17.5 Å². The maximum atomic E-state index is 12.7. The molecule has 0 amide bonds. The molecule has 1 aliphatic rings. The van der Waals surface area contributed by atoms with Gasteiger partial charge in [-0.1, -0.05) is 42.0 Å². The highest BCUT2D eigenvalue weighted by molar-refractivity contribution is 5.79. The van der Waals surface area contributed by atoms with Crippen molar-refractivity contribution in [3.05, 3.63) is 160 Å². The molecule has 0 radical (unpaired) electrons. The van der Waals surface area contributed by atoms with E-state index in [1.54, 1.807) is 56.6 Å². The highest BCUT2D eigenvalue weighted by Gasteiger charge is 1.97. The number of halogens is 4. The average molecular weight is 648 g/mol. The number of allylic oxidation sites excluding steroid dienone is 1. The van der Waals surface area contributed by atoms with E-state index in [9.17, 15) is 17.6 Å². The van der Waals surface area contributed by atoms with Crippen molar-refractivity contribution in [1.82, 2.24) is 19.7 Å². The van der Waals surface area contributed by atoms with Crippen molar-refractivity contribution in [2.45, 2.75) is 55.4 Å². The van der Waals surface area contributed by atoms with E-state index >= 15 is 0 Å². The zero-order chi connectivity index (χ0) is 35.4. The third kappa shape index (κ3) is 18.6. The average Bonchev–Trinajstić information content (AvgIpc) is 3.65. The van der Waals surface area contributed by atoms with Crippen molar-refractivity contribution in [2.75, 3.05) is 6.54 Å². The molecule has 0 atom stereocenters. The molecule has 4 heterocycles. The Morgan fingerprint density at radius 3 is 1.62 bits per heavy atom. The summed E-state index contributed by atoms with van der Waals surface area (Å²) in [7, 11) is 1.91. The summed E-state index contributed by atoms with van der Waals surface area (Å²) in [6.07, 6.45) is 10.7. The highest BCUT2D eigenvalue weighted by Crippen LogP contribution is 2.09. The molecule has 5 aromatic rings. The summed E-state index contributed by atoms with van der Waals surface area (Å²) < 4.78 is 51.2. The van der Waals surface area contributed by atoms with Crippen LogP contribution in [0.2, 0.25) is 0 Å². The second-order valence-corrected chi connectivity index (χ2v) is 10.9. The Hall–Kier alpha value is -4.92. The molecule has 47 heavy (non-hydrogen) atoms. The van der Waals surface area contributed by atoms with Crippen LogP contribution in [-0.4, -0.2) is 32.5 Å². The van der Waals surface area contributed by atoms with Crippen molar-refractivity contribution < 1.29 is 17.6 Å². The molecular formula is C38H45F4N5. The van der Waals surface area contributed by atoms with Crippen LogP contribution in [0.1, 0.15) is 46.0 Å². The molecule has 1 aliphatic heterocycles. The lowest BCUT2D eigenvalue weighted by molar-refractivity contribution is 0.582. The summed E-state index contributed by atoms with van der Waals surface area (Å²) in [5, 5.41) is 3.93. The molecule has 2 aromatic carbocycles. The van der Waals surface area contributed by atoms with Gasteiger partial charge in [-0.15, -0.1) is 0 Å². The van der Waals surface area contributed by atoms with Gasteiger partial charge >= 0.3 is 0 Å². The van der Waals surface area contributed by atoms with Gasteiger partial charge in [0.05, 0.1) is 12.7 Å². The zero-order valence-electron chi connectivity index (χ0n) is 28.7. The fraction of sp³-hybridized carbons (Fsp3) is 0.263. The van der Waals surface area contributed by atoms with Crippen molar-refractivity contribution in [3.63, 3.8) is 0 Å². The third-order valence-corrected chi connectivity index (χ3v) is 6.09. The standard InChI is InChI=1S/2C8H9F.2C6H6FN.C5H8N2.C5H7N/c1-6-3-4-8(9)7(2)5-6;1-6-4-3-5-7(2)8(6)9;1-5-4-6(7)2-3-8-5;1-5-2-3-8-6(7)4-5;1-5-3-6-7(2)4-5;1-5-2-3-6-4-5/h2*3-5H,1-2H3;2*2-4H,1H3;3-4H,1-2H3;2,4H,3H2,1H3. The van der Waals surface area contributed by atoms with Gasteiger partial charge in [-0.25, -0.2) is 18.2 Å². The molecule has 0 saturated carbocycles. The van der Waals surface area contributed by atoms with Crippen LogP contribution in [0.25, 0.3) is 0 Å². The minimum absolute atomic E-state index is 0.0856. The Morgan fingerprint density at radius 2 is 1.30 bits per heavy atom. The van der Waals surface area contributed by atoms with E-state index in [0.29, 0.717) is 5.69 Å². The van der Waals surface area contributed by atoms with E-state index in [4.69, 9.17) is 0 Å². The lowest BCUT2D eigenvalue weighted by Crippen LogP contribution is -1.84. The molecule has 3 aromatic heterocycles. The second-order valence-electron chi connectivity index (χ2n) is 10.9. The second kappa shape index (κ2) is 21.8. The molecule has 6 rings (SSSR count). The molecule has 250 valence electrons. The predicted octanol–water partition coefficient (Wildman–Crippen LogP) is 9.69. The van der Waals surface area contributed by atoms with E-state index < -0.39 is 5.95 Å². The molecule has 0 saturated heterocycles.